The van der Waals surface area contributed by atoms with Crippen LogP contribution in [-0.2, 0) is 0 Å². The van der Waals surface area contributed by atoms with E-state index in [0.717, 1.165) is 19.6 Å². The summed E-state index contributed by atoms with van der Waals surface area (Å²) in [6.07, 6.45) is 3.80. The first kappa shape index (κ1) is 16.2. The van der Waals surface area contributed by atoms with Crippen molar-refractivity contribution >= 4 is 0 Å². The lowest BCUT2D eigenvalue weighted by molar-refractivity contribution is 0.0555. The summed E-state index contributed by atoms with van der Waals surface area (Å²) in [5, 5.41) is 13.7. The van der Waals surface area contributed by atoms with E-state index in [4.69, 9.17) is 0 Å². The van der Waals surface area contributed by atoms with Gasteiger partial charge in [0.1, 0.15) is 0 Å². The van der Waals surface area contributed by atoms with Gasteiger partial charge in [-0.2, -0.15) is 0 Å². The Hall–Kier alpha value is -0.160. The topological polar surface area (TPSA) is 38.7 Å². The van der Waals surface area contributed by atoms with Crippen LogP contribution < -0.4 is 5.32 Å². The van der Waals surface area contributed by atoms with Crippen LogP contribution in [0, 0.1) is 5.92 Å². The van der Waals surface area contributed by atoms with Crippen molar-refractivity contribution in [3.8, 4) is 0 Å². The molecule has 1 heterocycles. The van der Waals surface area contributed by atoms with Gasteiger partial charge in [-0.15, -0.1) is 0 Å². The zero-order chi connectivity index (χ0) is 14.6. The average Bonchev–Trinajstić information content (AvgIpc) is 3.24. The van der Waals surface area contributed by atoms with Gasteiger partial charge in [-0.1, -0.05) is 20.8 Å². The molecule has 0 amide bonds. The normalized spacial score (nSPS) is 25.1. The average molecular weight is 283 g/mol. The molecule has 1 saturated carbocycles. The third-order valence-electron chi connectivity index (χ3n) is 4.73. The summed E-state index contributed by atoms with van der Waals surface area (Å²) in [4.78, 5) is 5.11. The molecule has 20 heavy (non-hydrogen) atoms. The van der Waals surface area contributed by atoms with E-state index < -0.39 is 0 Å². The second-order valence-corrected chi connectivity index (χ2v) is 7.01. The lowest BCUT2D eigenvalue weighted by atomic mass is 9.92. The zero-order valence-corrected chi connectivity index (χ0v) is 13.6. The van der Waals surface area contributed by atoms with E-state index in [1.54, 1.807) is 0 Å². The van der Waals surface area contributed by atoms with Crippen molar-refractivity contribution in [3.63, 3.8) is 0 Å². The van der Waals surface area contributed by atoms with Gasteiger partial charge in [0, 0.05) is 38.8 Å². The minimum atomic E-state index is -0.0684. The van der Waals surface area contributed by atoms with E-state index in [1.165, 1.54) is 38.9 Å². The Kier molecular flexibility index (Phi) is 5.84. The molecule has 0 aromatic heterocycles. The number of aliphatic hydroxyl groups is 1. The van der Waals surface area contributed by atoms with Crippen molar-refractivity contribution in [1.29, 1.82) is 0 Å². The molecule has 1 aliphatic carbocycles. The largest absolute Gasteiger partial charge is 0.394 e. The molecule has 1 atom stereocenters. The van der Waals surface area contributed by atoms with Gasteiger partial charge >= 0.3 is 0 Å². The van der Waals surface area contributed by atoms with Crippen LogP contribution in [0.5, 0.6) is 0 Å². The van der Waals surface area contributed by atoms with Crippen molar-refractivity contribution in [2.75, 3.05) is 45.9 Å². The predicted molar refractivity (Wildman–Crippen MR) is 84.0 cm³/mol. The Bertz CT molecular complexity index is 285. The highest BCUT2D eigenvalue weighted by molar-refractivity contribution is 5.04. The number of hydrogen-bond donors (Lipinski definition) is 2. The van der Waals surface area contributed by atoms with Crippen LogP contribution in [0.2, 0.25) is 0 Å². The van der Waals surface area contributed by atoms with Crippen molar-refractivity contribution in [2.24, 2.45) is 5.92 Å². The number of aliphatic hydroxyl groups excluding tert-OH is 1. The molecule has 118 valence electrons. The molecule has 0 radical (unpaired) electrons. The Labute approximate surface area is 124 Å². The number of rotatable bonds is 8. The first-order valence-electron chi connectivity index (χ1n) is 8.43. The van der Waals surface area contributed by atoms with Crippen molar-refractivity contribution in [2.45, 2.75) is 51.6 Å². The van der Waals surface area contributed by atoms with Gasteiger partial charge < -0.3 is 15.3 Å². The zero-order valence-electron chi connectivity index (χ0n) is 13.6. The summed E-state index contributed by atoms with van der Waals surface area (Å²) < 4.78 is 0. The fourth-order valence-corrected chi connectivity index (χ4v) is 3.61. The molecule has 2 rings (SSSR count). The highest BCUT2D eigenvalue weighted by Crippen LogP contribution is 2.40. The lowest BCUT2D eigenvalue weighted by Gasteiger charge is -2.43. The SMILES string of the molecule is CCCN1CCN(CC(CO)(NC(C)C)C2CC2)CC1. The summed E-state index contributed by atoms with van der Waals surface area (Å²) in [7, 11) is 0. The fourth-order valence-electron chi connectivity index (χ4n) is 3.61. The molecule has 0 bridgehead atoms. The smallest absolute Gasteiger partial charge is 0.0628 e. The monoisotopic (exact) mass is 283 g/mol. The van der Waals surface area contributed by atoms with E-state index in [0.29, 0.717) is 12.0 Å². The second-order valence-electron chi connectivity index (χ2n) is 7.01. The highest BCUT2D eigenvalue weighted by atomic mass is 16.3. The first-order chi connectivity index (χ1) is 9.59. The van der Waals surface area contributed by atoms with Gasteiger partial charge in [0.2, 0.25) is 0 Å². The summed E-state index contributed by atoms with van der Waals surface area (Å²) in [5.74, 6) is 0.670. The fraction of sp³-hybridized carbons (Fsp3) is 1.00. The van der Waals surface area contributed by atoms with Crippen LogP contribution >= 0.6 is 0 Å². The molecule has 2 aliphatic rings. The Morgan fingerprint density at radius 2 is 1.75 bits per heavy atom. The third kappa shape index (κ3) is 4.17. The van der Waals surface area contributed by atoms with E-state index in [2.05, 4.69) is 35.9 Å². The maximum absolute atomic E-state index is 10.0. The van der Waals surface area contributed by atoms with E-state index in [1.807, 2.05) is 0 Å². The van der Waals surface area contributed by atoms with Crippen LogP contribution in [0.4, 0.5) is 0 Å². The first-order valence-corrected chi connectivity index (χ1v) is 8.43. The second kappa shape index (κ2) is 7.21. The number of piperazine rings is 1. The molecule has 4 heteroatoms. The molecule has 4 nitrogen and oxygen atoms in total. The Morgan fingerprint density at radius 1 is 1.15 bits per heavy atom. The maximum Gasteiger partial charge on any atom is 0.0628 e. The van der Waals surface area contributed by atoms with Crippen LogP contribution in [0.15, 0.2) is 0 Å². The van der Waals surface area contributed by atoms with E-state index in [-0.39, 0.29) is 12.1 Å². The van der Waals surface area contributed by atoms with Crippen molar-refractivity contribution in [1.82, 2.24) is 15.1 Å². The molecular weight excluding hydrogens is 250 g/mol. The highest BCUT2D eigenvalue weighted by Gasteiger charge is 2.46. The van der Waals surface area contributed by atoms with Crippen LogP contribution in [0.3, 0.4) is 0 Å². The van der Waals surface area contributed by atoms with Crippen molar-refractivity contribution < 1.29 is 5.11 Å². The molecular formula is C16H33N3O. The Morgan fingerprint density at radius 3 is 2.20 bits per heavy atom. The van der Waals surface area contributed by atoms with E-state index >= 15 is 0 Å². The summed E-state index contributed by atoms with van der Waals surface area (Å²) in [5.41, 5.74) is -0.0684. The van der Waals surface area contributed by atoms with Crippen LogP contribution in [0.25, 0.3) is 0 Å². The maximum atomic E-state index is 10.0. The van der Waals surface area contributed by atoms with Gasteiger partial charge in [-0.25, -0.2) is 0 Å². The van der Waals surface area contributed by atoms with Crippen LogP contribution in [0.1, 0.15) is 40.0 Å². The molecule has 1 unspecified atom stereocenters. The minimum absolute atomic E-state index is 0.0684. The van der Waals surface area contributed by atoms with Gasteiger partial charge in [0.25, 0.3) is 0 Å². The molecule has 0 aromatic carbocycles. The molecule has 1 aliphatic heterocycles. The standard InChI is InChI=1S/C16H33N3O/c1-4-7-18-8-10-19(11-9-18)12-16(13-20,15-5-6-15)17-14(2)3/h14-15,17,20H,4-13H2,1-3H3. The van der Waals surface area contributed by atoms with E-state index in [9.17, 15) is 5.11 Å². The van der Waals surface area contributed by atoms with Gasteiger partial charge in [0.15, 0.2) is 0 Å². The minimum Gasteiger partial charge on any atom is -0.394 e. The molecule has 2 fully saturated rings. The van der Waals surface area contributed by atoms with Gasteiger partial charge in [-0.3, -0.25) is 4.90 Å². The molecule has 0 aromatic rings. The summed E-state index contributed by atoms with van der Waals surface area (Å²) in [6, 6.07) is 0.434. The quantitative estimate of drug-likeness (QED) is 0.701. The van der Waals surface area contributed by atoms with Crippen molar-refractivity contribution in [3.05, 3.63) is 0 Å². The lowest BCUT2D eigenvalue weighted by Crippen LogP contribution is -2.62. The van der Waals surface area contributed by atoms with Crippen LogP contribution in [-0.4, -0.2) is 72.4 Å². The third-order valence-corrected chi connectivity index (χ3v) is 4.73. The molecule has 2 N–H and O–H groups in total. The number of nitrogens with one attached hydrogen (secondary N) is 1. The number of nitrogens with zero attached hydrogens (tertiary/aromatic N) is 2. The number of hydrogen-bond acceptors (Lipinski definition) is 4. The molecule has 0 spiro atoms. The predicted octanol–water partition coefficient (Wildman–Crippen LogP) is 1.15. The van der Waals surface area contributed by atoms with Gasteiger partial charge in [0.05, 0.1) is 12.1 Å². The molecule has 1 saturated heterocycles. The summed E-state index contributed by atoms with van der Waals surface area (Å²) >= 11 is 0. The summed E-state index contributed by atoms with van der Waals surface area (Å²) in [6.45, 7) is 13.8. The Balaban J connectivity index is 1.88. The van der Waals surface area contributed by atoms with Gasteiger partial charge in [-0.05, 0) is 31.7 Å².